The molecule has 0 spiro atoms. The molecule has 0 aliphatic carbocycles. The van der Waals surface area contributed by atoms with E-state index in [-0.39, 0.29) is 5.56 Å². The third kappa shape index (κ3) is 1.85. The number of hydrogen-bond acceptors (Lipinski definition) is 2. The maximum atomic E-state index is 13.6. The van der Waals surface area contributed by atoms with Gasteiger partial charge in [-0.25, -0.2) is 9.37 Å². The summed E-state index contributed by atoms with van der Waals surface area (Å²) in [4.78, 5) is 22.0. The number of carbonyl (C=O) groups is 1. The van der Waals surface area contributed by atoms with Crippen molar-refractivity contribution < 1.29 is 9.18 Å². The van der Waals surface area contributed by atoms with Crippen molar-refractivity contribution in [1.82, 2.24) is 15.0 Å². The standard InChI is InChI=1S/C16H11FN4O/c17-10-6-11(15(18)22)14-13(7-10)20-16(21-14)9-1-2-12-8(5-9)3-4-19-12/h1-7,19H,(H2,18,22)(H,20,21). The van der Waals surface area contributed by atoms with Crippen molar-refractivity contribution in [3.05, 3.63) is 54.0 Å². The minimum Gasteiger partial charge on any atom is -0.366 e. The number of nitrogens with one attached hydrogen (secondary N) is 2. The highest BCUT2D eigenvalue weighted by atomic mass is 19.1. The number of amides is 1. The Balaban J connectivity index is 1.95. The number of nitrogens with zero attached hydrogens (tertiary/aromatic N) is 1. The molecule has 0 radical (unpaired) electrons. The van der Waals surface area contributed by atoms with Gasteiger partial charge in [0.05, 0.1) is 11.1 Å². The summed E-state index contributed by atoms with van der Waals surface area (Å²) < 4.78 is 13.6. The molecule has 4 rings (SSSR count). The maximum absolute atomic E-state index is 13.6. The van der Waals surface area contributed by atoms with Gasteiger partial charge in [0.15, 0.2) is 0 Å². The molecule has 0 saturated carbocycles. The highest BCUT2D eigenvalue weighted by Crippen LogP contribution is 2.26. The zero-order valence-corrected chi connectivity index (χ0v) is 11.4. The summed E-state index contributed by atoms with van der Waals surface area (Å²) in [5.74, 6) is -0.674. The lowest BCUT2D eigenvalue weighted by Crippen LogP contribution is -2.11. The fourth-order valence-corrected chi connectivity index (χ4v) is 2.61. The van der Waals surface area contributed by atoms with E-state index in [1.54, 1.807) is 0 Å². The number of aromatic amines is 2. The molecule has 22 heavy (non-hydrogen) atoms. The van der Waals surface area contributed by atoms with Crippen molar-refractivity contribution in [2.75, 3.05) is 0 Å². The van der Waals surface area contributed by atoms with Gasteiger partial charge in [-0.05, 0) is 36.4 Å². The predicted molar refractivity (Wildman–Crippen MR) is 81.9 cm³/mol. The number of benzene rings is 2. The Bertz CT molecular complexity index is 1030. The molecule has 2 aromatic heterocycles. The Morgan fingerprint density at radius 1 is 1.14 bits per heavy atom. The Morgan fingerprint density at radius 3 is 2.82 bits per heavy atom. The molecular formula is C16H11FN4O. The second kappa shape index (κ2) is 4.42. The Morgan fingerprint density at radius 2 is 2.00 bits per heavy atom. The van der Waals surface area contributed by atoms with Crippen LogP contribution >= 0.6 is 0 Å². The van der Waals surface area contributed by atoms with Crippen molar-refractivity contribution in [1.29, 1.82) is 0 Å². The van der Waals surface area contributed by atoms with Gasteiger partial charge in [-0.2, -0.15) is 0 Å². The molecule has 1 amide bonds. The molecule has 6 heteroatoms. The summed E-state index contributed by atoms with van der Waals surface area (Å²) in [6, 6.07) is 10.2. The zero-order chi connectivity index (χ0) is 15.3. The molecule has 0 aliphatic rings. The predicted octanol–water partition coefficient (Wildman–Crippen LogP) is 2.95. The lowest BCUT2D eigenvalue weighted by Gasteiger charge is -1.97. The normalized spacial score (nSPS) is 11.3. The van der Waals surface area contributed by atoms with Gasteiger partial charge in [-0.1, -0.05) is 0 Å². The number of aromatic nitrogens is 3. The second-order valence-corrected chi connectivity index (χ2v) is 5.08. The third-order valence-corrected chi connectivity index (χ3v) is 3.64. The highest BCUT2D eigenvalue weighted by molar-refractivity contribution is 6.04. The van der Waals surface area contributed by atoms with Crippen LogP contribution < -0.4 is 5.73 Å². The Kier molecular flexibility index (Phi) is 2.53. The van der Waals surface area contributed by atoms with Crippen LogP contribution in [0.5, 0.6) is 0 Å². The summed E-state index contributed by atoms with van der Waals surface area (Å²) in [7, 11) is 0. The van der Waals surface area contributed by atoms with Crippen LogP contribution in [-0.4, -0.2) is 20.9 Å². The van der Waals surface area contributed by atoms with Gasteiger partial charge in [0.2, 0.25) is 0 Å². The summed E-state index contributed by atoms with van der Waals surface area (Å²) in [5, 5.41) is 1.04. The molecule has 108 valence electrons. The smallest absolute Gasteiger partial charge is 0.251 e. The molecule has 0 bridgehead atoms. The molecular weight excluding hydrogens is 283 g/mol. The SMILES string of the molecule is NC(=O)c1cc(F)cc2[nH]c(-c3ccc4[nH]ccc4c3)nc12. The average molecular weight is 294 g/mol. The minimum absolute atomic E-state index is 0.0697. The van der Waals surface area contributed by atoms with Crippen LogP contribution in [0.4, 0.5) is 4.39 Å². The number of fused-ring (bicyclic) bond motifs is 2. The van der Waals surface area contributed by atoms with E-state index in [2.05, 4.69) is 15.0 Å². The second-order valence-electron chi connectivity index (χ2n) is 5.08. The van der Waals surface area contributed by atoms with Crippen molar-refractivity contribution in [3.8, 4) is 11.4 Å². The van der Waals surface area contributed by atoms with Crippen LogP contribution in [0, 0.1) is 5.82 Å². The van der Waals surface area contributed by atoms with Gasteiger partial charge < -0.3 is 15.7 Å². The van der Waals surface area contributed by atoms with E-state index in [9.17, 15) is 9.18 Å². The number of rotatable bonds is 2. The van der Waals surface area contributed by atoms with Crippen LogP contribution in [0.3, 0.4) is 0 Å². The summed E-state index contributed by atoms with van der Waals surface area (Å²) >= 11 is 0. The van der Waals surface area contributed by atoms with Crippen molar-refractivity contribution in [3.63, 3.8) is 0 Å². The number of primary amides is 1. The zero-order valence-electron chi connectivity index (χ0n) is 11.4. The lowest BCUT2D eigenvalue weighted by atomic mass is 10.1. The van der Waals surface area contributed by atoms with Crippen molar-refractivity contribution in [2.24, 2.45) is 5.73 Å². The van der Waals surface area contributed by atoms with Crippen LogP contribution in [0.15, 0.2) is 42.6 Å². The van der Waals surface area contributed by atoms with Gasteiger partial charge in [0.1, 0.15) is 17.2 Å². The first-order valence-corrected chi connectivity index (χ1v) is 6.68. The van der Waals surface area contributed by atoms with Crippen LogP contribution in [-0.2, 0) is 0 Å². The first kappa shape index (κ1) is 12.6. The Hall–Kier alpha value is -3.15. The molecule has 2 aromatic carbocycles. The topological polar surface area (TPSA) is 87.6 Å². The molecule has 0 aliphatic heterocycles. The summed E-state index contributed by atoms with van der Waals surface area (Å²) in [6.07, 6.45) is 1.85. The number of nitrogens with two attached hydrogens (primary N) is 1. The van der Waals surface area contributed by atoms with E-state index in [4.69, 9.17) is 5.73 Å². The van der Waals surface area contributed by atoms with E-state index >= 15 is 0 Å². The monoisotopic (exact) mass is 294 g/mol. The molecule has 5 nitrogen and oxygen atoms in total. The largest absolute Gasteiger partial charge is 0.366 e. The third-order valence-electron chi connectivity index (χ3n) is 3.64. The number of hydrogen-bond donors (Lipinski definition) is 3. The first-order valence-electron chi connectivity index (χ1n) is 6.68. The highest BCUT2D eigenvalue weighted by Gasteiger charge is 2.14. The molecule has 2 heterocycles. The number of H-pyrrole nitrogens is 2. The van der Waals surface area contributed by atoms with Gasteiger partial charge in [0, 0.05) is 22.7 Å². The summed E-state index contributed by atoms with van der Waals surface area (Å²) in [5.41, 5.74) is 8.04. The van der Waals surface area contributed by atoms with Gasteiger partial charge >= 0.3 is 0 Å². The quantitative estimate of drug-likeness (QED) is 0.530. The van der Waals surface area contributed by atoms with E-state index < -0.39 is 11.7 Å². The van der Waals surface area contributed by atoms with E-state index in [0.29, 0.717) is 16.9 Å². The molecule has 0 atom stereocenters. The van der Waals surface area contributed by atoms with Crippen LogP contribution in [0.1, 0.15) is 10.4 Å². The minimum atomic E-state index is -0.705. The van der Waals surface area contributed by atoms with E-state index in [1.165, 1.54) is 6.07 Å². The fourth-order valence-electron chi connectivity index (χ4n) is 2.61. The van der Waals surface area contributed by atoms with Crippen molar-refractivity contribution >= 4 is 27.8 Å². The molecule has 0 saturated heterocycles. The number of halogens is 1. The molecule has 0 unspecified atom stereocenters. The molecule has 4 N–H and O–H groups in total. The lowest BCUT2D eigenvalue weighted by molar-refractivity contribution is 0.100. The first-order chi connectivity index (χ1) is 10.6. The van der Waals surface area contributed by atoms with E-state index in [1.807, 2.05) is 30.5 Å². The van der Waals surface area contributed by atoms with Gasteiger partial charge in [-0.15, -0.1) is 0 Å². The summed E-state index contributed by atoms with van der Waals surface area (Å²) in [6.45, 7) is 0. The molecule has 4 aromatic rings. The van der Waals surface area contributed by atoms with Gasteiger partial charge in [0.25, 0.3) is 5.91 Å². The number of imidazole rings is 1. The van der Waals surface area contributed by atoms with Crippen LogP contribution in [0.25, 0.3) is 33.3 Å². The fraction of sp³-hybridized carbons (Fsp3) is 0. The molecule has 0 fully saturated rings. The average Bonchev–Trinajstić information content (AvgIpc) is 3.11. The van der Waals surface area contributed by atoms with E-state index in [0.717, 1.165) is 22.5 Å². The van der Waals surface area contributed by atoms with Crippen molar-refractivity contribution in [2.45, 2.75) is 0 Å². The van der Waals surface area contributed by atoms with Gasteiger partial charge in [-0.3, -0.25) is 4.79 Å². The number of carbonyl (C=O) groups excluding carboxylic acids is 1. The van der Waals surface area contributed by atoms with Crippen LogP contribution in [0.2, 0.25) is 0 Å². The maximum Gasteiger partial charge on any atom is 0.251 e. The Labute approximate surface area is 124 Å².